The van der Waals surface area contributed by atoms with E-state index in [1.165, 1.54) is 12.3 Å². The monoisotopic (exact) mass is 376 g/mol. The van der Waals surface area contributed by atoms with Crippen molar-refractivity contribution in [1.29, 1.82) is 0 Å². The molecule has 0 aliphatic rings. The zero-order valence-electron chi connectivity index (χ0n) is 9.97. The van der Waals surface area contributed by atoms with Crippen molar-refractivity contribution in [1.82, 2.24) is 4.98 Å². The minimum absolute atomic E-state index is 0.0350. The molecule has 4 N–H and O–H groups in total. The quantitative estimate of drug-likeness (QED) is 0.562. The maximum Gasteiger partial charge on any atom is 0.265 e. The highest BCUT2D eigenvalue weighted by atomic mass is 79.9. The van der Waals surface area contributed by atoms with E-state index in [0.29, 0.717) is 9.50 Å². The Labute approximate surface area is 129 Å². The van der Waals surface area contributed by atoms with E-state index in [1.807, 2.05) is 0 Å². The number of nitrogens with two attached hydrogens (primary N) is 1. The number of aromatic nitrogens is 1. The average molecular weight is 378 g/mol. The first kappa shape index (κ1) is 15.0. The third-order valence-corrected chi connectivity index (χ3v) is 4.51. The van der Waals surface area contributed by atoms with Crippen molar-refractivity contribution in [3.63, 3.8) is 0 Å². The van der Waals surface area contributed by atoms with Gasteiger partial charge < -0.3 is 5.43 Å². The maximum absolute atomic E-state index is 12.4. The molecule has 0 bridgehead atoms. The van der Waals surface area contributed by atoms with E-state index < -0.39 is 10.0 Å². The van der Waals surface area contributed by atoms with Gasteiger partial charge in [0.1, 0.15) is 4.90 Å². The van der Waals surface area contributed by atoms with Crippen LogP contribution in [0.15, 0.2) is 45.9 Å². The number of nitrogens with one attached hydrogen (secondary N) is 2. The highest BCUT2D eigenvalue weighted by Crippen LogP contribution is 2.27. The molecule has 1 heterocycles. The van der Waals surface area contributed by atoms with E-state index in [4.69, 9.17) is 17.4 Å². The number of para-hydroxylation sites is 1. The molecule has 1 aromatic heterocycles. The van der Waals surface area contributed by atoms with Gasteiger partial charge in [-0.05, 0) is 34.1 Å². The highest BCUT2D eigenvalue weighted by molar-refractivity contribution is 9.10. The van der Waals surface area contributed by atoms with Crippen molar-refractivity contribution in [3.8, 4) is 0 Å². The SMILES string of the molecule is NNc1ncc(Br)cc1S(=O)(=O)Nc1ccccc1Cl. The number of hydrogen-bond acceptors (Lipinski definition) is 5. The van der Waals surface area contributed by atoms with Gasteiger partial charge in [-0.25, -0.2) is 19.2 Å². The summed E-state index contributed by atoms with van der Waals surface area (Å²) in [6.07, 6.45) is 1.43. The third-order valence-electron chi connectivity index (χ3n) is 2.36. The summed E-state index contributed by atoms with van der Waals surface area (Å²) in [4.78, 5) is 3.80. The Hall–Kier alpha value is -1.35. The van der Waals surface area contributed by atoms with Crippen LogP contribution in [0.4, 0.5) is 11.5 Å². The largest absolute Gasteiger partial charge is 0.307 e. The molecule has 0 saturated carbocycles. The molecule has 0 unspecified atom stereocenters. The van der Waals surface area contributed by atoms with Gasteiger partial charge >= 0.3 is 0 Å². The minimum Gasteiger partial charge on any atom is -0.307 e. The summed E-state index contributed by atoms with van der Waals surface area (Å²) < 4.78 is 27.6. The van der Waals surface area contributed by atoms with Crippen molar-refractivity contribution in [2.45, 2.75) is 4.90 Å². The Balaban J connectivity index is 2.46. The van der Waals surface area contributed by atoms with E-state index in [2.05, 4.69) is 31.1 Å². The number of halogens is 2. The summed E-state index contributed by atoms with van der Waals surface area (Å²) in [5.41, 5.74) is 2.52. The number of benzene rings is 1. The second kappa shape index (κ2) is 5.96. The number of hydrazine groups is 1. The molecular formula is C11H10BrClN4O2S. The van der Waals surface area contributed by atoms with E-state index in [1.54, 1.807) is 24.3 Å². The lowest BCUT2D eigenvalue weighted by Crippen LogP contribution is -2.18. The van der Waals surface area contributed by atoms with Crippen molar-refractivity contribution < 1.29 is 8.42 Å². The molecule has 0 spiro atoms. The molecule has 0 atom stereocenters. The van der Waals surface area contributed by atoms with Gasteiger partial charge in [-0.2, -0.15) is 0 Å². The van der Waals surface area contributed by atoms with Gasteiger partial charge in [0.2, 0.25) is 0 Å². The molecular weight excluding hydrogens is 368 g/mol. The standard InChI is InChI=1S/C11H10BrClN4O2S/c12-7-5-10(11(16-14)15-6-7)20(18,19)17-9-4-2-1-3-8(9)13/h1-6,17H,14H2,(H,15,16). The molecule has 6 nitrogen and oxygen atoms in total. The van der Waals surface area contributed by atoms with Crippen molar-refractivity contribution >= 4 is 49.1 Å². The number of anilines is 2. The summed E-state index contributed by atoms with van der Waals surface area (Å²) in [5.74, 6) is 5.31. The summed E-state index contributed by atoms with van der Waals surface area (Å²) in [6, 6.07) is 7.90. The lowest BCUT2D eigenvalue weighted by molar-refractivity contribution is 0.601. The zero-order chi connectivity index (χ0) is 14.8. The Kier molecular flexibility index (Phi) is 4.48. The Morgan fingerprint density at radius 1 is 1.30 bits per heavy atom. The fourth-order valence-corrected chi connectivity index (χ4v) is 3.43. The Bertz CT molecular complexity index is 739. The fraction of sp³-hybridized carbons (Fsp3) is 0. The van der Waals surface area contributed by atoms with Gasteiger partial charge in [0.15, 0.2) is 5.82 Å². The van der Waals surface area contributed by atoms with E-state index in [9.17, 15) is 8.42 Å². The third kappa shape index (κ3) is 3.21. The van der Waals surface area contributed by atoms with Crippen LogP contribution in [-0.4, -0.2) is 13.4 Å². The molecule has 0 aliphatic carbocycles. The number of pyridine rings is 1. The lowest BCUT2D eigenvalue weighted by Gasteiger charge is -2.12. The summed E-state index contributed by atoms with van der Waals surface area (Å²) >= 11 is 9.10. The molecule has 1 aromatic carbocycles. The number of rotatable bonds is 4. The number of sulfonamides is 1. The van der Waals surface area contributed by atoms with Crippen LogP contribution in [0.1, 0.15) is 0 Å². The summed E-state index contributed by atoms with van der Waals surface area (Å²) in [6.45, 7) is 0. The van der Waals surface area contributed by atoms with Gasteiger partial charge in [0.05, 0.1) is 10.7 Å². The normalized spacial score (nSPS) is 11.2. The van der Waals surface area contributed by atoms with Gasteiger partial charge in [-0.1, -0.05) is 23.7 Å². The summed E-state index contributed by atoms with van der Waals surface area (Å²) in [5, 5.41) is 0.293. The number of hydrogen-bond donors (Lipinski definition) is 3. The second-order valence-corrected chi connectivity index (χ2v) is 6.70. The zero-order valence-corrected chi connectivity index (χ0v) is 13.1. The Morgan fingerprint density at radius 2 is 2.00 bits per heavy atom. The van der Waals surface area contributed by atoms with Gasteiger partial charge in [-0.15, -0.1) is 0 Å². The number of nitrogens with zero attached hydrogens (tertiary/aromatic N) is 1. The van der Waals surface area contributed by atoms with Gasteiger partial charge in [-0.3, -0.25) is 4.72 Å². The van der Waals surface area contributed by atoms with Crippen LogP contribution >= 0.6 is 27.5 Å². The van der Waals surface area contributed by atoms with Crippen molar-refractivity contribution in [2.75, 3.05) is 10.1 Å². The molecule has 0 radical (unpaired) electrons. The van der Waals surface area contributed by atoms with Crippen LogP contribution in [0, 0.1) is 0 Å². The maximum atomic E-state index is 12.4. The van der Waals surface area contributed by atoms with Crippen LogP contribution in [0.5, 0.6) is 0 Å². The minimum atomic E-state index is -3.87. The highest BCUT2D eigenvalue weighted by Gasteiger charge is 2.21. The van der Waals surface area contributed by atoms with E-state index in [0.717, 1.165) is 0 Å². The second-order valence-electron chi connectivity index (χ2n) is 3.73. The Morgan fingerprint density at radius 3 is 2.65 bits per heavy atom. The van der Waals surface area contributed by atoms with Crippen molar-refractivity contribution in [3.05, 3.63) is 46.0 Å². The predicted molar refractivity (Wildman–Crippen MR) is 82.0 cm³/mol. The molecule has 2 rings (SSSR count). The summed E-state index contributed by atoms with van der Waals surface area (Å²) in [7, 11) is -3.87. The molecule has 106 valence electrons. The van der Waals surface area contributed by atoms with Crippen LogP contribution in [-0.2, 0) is 10.0 Å². The fourth-order valence-electron chi connectivity index (χ4n) is 1.48. The first-order chi connectivity index (χ1) is 9.44. The first-order valence-corrected chi connectivity index (χ1v) is 7.99. The molecule has 2 aromatic rings. The van der Waals surface area contributed by atoms with Crippen molar-refractivity contribution in [2.24, 2.45) is 5.84 Å². The average Bonchev–Trinajstić information content (AvgIpc) is 2.41. The van der Waals surface area contributed by atoms with E-state index in [-0.39, 0.29) is 16.4 Å². The van der Waals surface area contributed by atoms with Crippen LogP contribution < -0.4 is 16.0 Å². The molecule has 0 amide bonds. The van der Waals surface area contributed by atoms with E-state index >= 15 is 0 Å². The van der Waals surface area contributed by atoms with Gasteiger partial charge in [0.25, 0.3) is 10.0 Å². The smallest absolute Gasteiger partial charge is 0.265 e. The van der Waals surface area contributed by atoms with Gasteiger partial charge in [0, 0.05) is 10.7 Å². The predicted octanol–water partition coefficient (Wildman–Crippen LogP) is 2.58. The molecule has 0 saturated heterocycles. The number of nitrogen functional groups attached to an aromatic ring is 1. The molecule has 0 aliphatic heterocycles. The van der Waals surface area contributed by atoms with Crippen LogP contribution in [0.2, 0.25) is 5.02 Å². The molecule has 9 heteroatoms. The molecule has 0 fully saturated rings. The lowest BCUT2D eigenvalue weighted by atomic mass is 10.3. The molecule has 20 heavy (non-hydrogen) atoms. The first-order valence-electron chi connectivity index (χ1n) is 5.33. The topological polar surface area (TPSA) is 97.1 Å². The van der Waals surface area contributed by atoms with Crippen LogP contribution in [0.3, 0.4) is 0 Å². The van der Waals surface area contributed by atoms with Crippen LogP contribution in [0.25, 0.3) is 0 Å².